The summed E-state index contributed by atoms with van der Waals surface area (Å²) in [6.07, 6.45) is 2.91. The topological polar surface area (TPSA) is 20.2 Å². The fourth-order valence-electron chi connectivity index (χ4n) is 0.604. The van der Waals surface area contributed by atoms with Gasteiger partial charge >= 0.3 is 0 Å². The molecular weight excluding hydrogens is 86.9 g/mol. The largest absolute Gasteiger partial charge is 0.396 e. The van der Waals surface area contributed by atoms with Crippen molar-refractivity contribution in [3.05, 3.63) is 0 Å². The standard InChI is InChI=1S/C5H9BO/c6-3-5(4-7)1-2-5/h7H,1-4H2. The Morgan fingerprint density at radius 3 is 2.14 bits per heavy atom. The predicted octanol–water partition coefficient (Wildman–Crippen LogP) is 0.346. The molecule has 0 aromatic heterocycles. The summed E-state index contributed by atoms with van der Waals surface area (Å²) in [6.45, 7) is 0.281. The second kappa shape index (κ2) is 1.51. The van der Waals surface area contributed by atoms with E-state index in [1.54, 1.807) is 0 Å². The molecule has 1 saturated carbocycles. The summed E-state index contributed by atoms with van der Waals surface area (Å²) in [5.74, 6) is 0. The van der Waals surface area contributed by atoms with Crippen LogP contribution >= 0.6 is 0 Å². The first kappa shape index (κ1) is 5.17. The lowest BCUT2D eigenvalue weighted by molar-refractivity contribution is 0.225. The molecule has 0 unspecified atom stereocenters. The van der Waals surface area contributed by atoms with Crippen LogP contribution in [0.2, 0.25) is 6.32 Å². The number of aliphatic hydroxyl groups is 1. The molecule has 0 bridgehead atoms. The second-order valence-electron chi connectivity index (χ2n) is 2.36. The molecule has 7 heavy (non-hydrogen) atoms. The van der Waals surface area contributed by atoms with Gasteiger partial charge in [-0.25, -0.2) is 0 Å². The SMILES string of the molecule is [B]CC1(CO)CC1. The van der Waals surface area contributed by atoms with Gasteiger partial charge in [0.25, 0.3) is 0 Å². The van der Waals surface area contributed by atoms with E-state index in [2.05, 4.69) is 0 Å². The first-order chi connectivity index (χ1) is 3.33. The average molecular weight is 95.9 g/mol. The molecule has 1 rings (SSSR count). The Bertz CT molecular complexity index is 62.5. The van der Waals surface area contributed by atoms with E-state index in [1.807, 2.05) is 0 Å². The van der Waals surface area contributed by atoms with Crippen molar-refractivity contribution in [1.82, 2.24) is 0 Å². The van der Waals surface area contributed by atoms with Gasteiger partial charge in [0.1, 0.15) is 0 Å². The van der Waals surface area contributed by atoms with Crippen molar-refractivity contribution < 1.29 is 5.11 Å². The summed E-state index contributed by atoms with van der Waals surface area (Å²) in [4.78, 5) is 0. The normalized spacial score (nSPS) is 24.7. The van der Waals surface area contributed by atoms with Crippen LogP contribution in [-0.4, -0.2) is 19.6 Å². The van der Waals surface area contributed by atoms with Gasteiger partial charge in [-0.3, -0.25) is 0 Å². The van der Waals surface area contributed by atoms with Gasteiger partial charge in [-0.2, -0.15) is 0 Å². The molecule has 1 N–H and O–H groups in total. The lowest BCUT2D eigenvalue weighted by Crippen LogP contribution is -2.03. The smallest absolute Gasteiger partial charge is 0.0661 e. The van der Waals surface area contributed by atoms with Crippen molar-refractivity contribution in [2.24, 2.45) is 5.41 Å². The molecule has 2 radical (unpaired) electrons. The third-order valence-electron chi connectivity index (χ3n) is 1.73. The highest BCUT2D eigenvalue weighted by Gasteiger charge is 2.39. The van der Waals surface area contributed by atoms with Gasteiger partial charge in [0.15, 0.2) is 0 Å². The number of hydrogen-bond acceptors (Lipinski definition) is 1. The maximum Gasteiger partial charge on any atom is 0.0661 e. The minimum absolute atomic E-state index is 0.167. The van der Waals surface area contributed by atoms with Crippen LogP contribution in [0, 0.1) is 5.41 Å². The molecular formula is C5H9BO. The summed E-state index contributed by atoms with van der Waals surface area (Å²) < 4.78 is 0. The fraction of sp³-hybridized carbons (Fsp3) is 1.00. The maximum absolute atomic E-state index is 8.58. The lowest BCUT2D eigenvalue weighted by Gasteiger charge is -2.04. The van der Waals surface area contributed by atoms with Gasteiger partial charge in [-0.15, -0.1) is 0 Å². The average Bonchev–Trinajstić information content (AvgIpc) is 2.46. The van der Waals surface area contributed by atoms with Gasteiger partial charge in [0.2, 0.25) is 0 Å². The van der Waals surface area contributed by atoms with E-state index in [9.17, 15) is 0 Å². The summed E-state index contributed by atoms with van der Waals surface area (Å²) in [5.41, 5.74) is 0.167. The molecule has 0 heterocycles. The van der Waals surface area contributed by atoms with E-state index >= 15 is 0 Å². The molecule has 0 spiro atoms. The summed E-state index contributed by atoms with van der Waals surface area (Å²) in [6, 6.07) is 0. The molecule has 0 atom stereocenters. The third kappa shape index (κ3) is 0.803. The molecule has 1 aliphatic carbocycles. The van der Waals surface area contributed by atoms with Crippen LogP contribution in [0.1, 0.15) is 12.8 Å². The monoisotopic (exact) mass is 96.1 g/mol. The molecule has 1 fully saturated rings. The predicted molar refractivity (Wildman–Crippen MR) is 29.3 cm³/mol. The molecule has 0 saturated heterocycles. The number of hydrogen-bond donors (Lipinski definition) is 1. The fourth-order valence-corrected chi connectivity index (χ4v) is 0.604. The van der Waals surface area contributed by atoms with E-state index in [-0.39, 0.29) is 12.0 Å². The molecule has 0 aliphatic heterocycles. The number of aliphatic hydroxyl groups excluding tert-OH is 1. The van der Waals surface area contributed by atoms with E-state index < -0.39 is 0 Å². The molecule has 1 aliphatic rings. The van der Waals surface area contributed by atoms with Crippen molar-refractivity contribution in [2.75, 3.05) is 6.61 Å². The van der Waals surface area contributed by atoms with Gasteiger partial charge in [0.05, 0.1) is 7.85 Å². The van der Waals surface area contributed by atoms with Crippen molar-refractivity contribution in [3.8, 4) is 0 Å². The molecule has 0 aromatic rings. The summed E-state index contributed by atoms with van der Waals surface area (Å²) in [7, 11) is 5.32. The highest BCUT2D eigenvalue weighted by Crippen LogP contribution is 2.47. The zero-order valence-electron chi connectivity index (χ0n) is 4.35. The van der Waals surface area contributed by atoms with Crippen molar-refractivity contribution in [1.29, 1.82) is 0 Å². The van der Waals surface area contributed by atoms with E-state index in [0.29, 0.717) is 6.32 Å². The molecule has 0 amide bonds. The second-order valence-corrected chi connectivity index (χ2v) is 2.36. The van der Waals surface area contributed by atoms with Crippen molar-refractivity contribution in [2.45, 2.75) is 19.2 Å². The third-order valence-corrected chi connectivity index (χ3v) is 1.73. The van der Waals surface area contributed by atoms with Crippen LogP contribution in [0.5, 0.6) is 0 Å². The van der Waals surface area contributed by atoms with E-state index in [0.717, 1.165) is 12.8 Å². The van der Waals surface area contributed by atoms with Crippen LogP contribution in [0.3, 0.4) is 0 Å². The van der Waals surface area contributed by atoms with E-state index in [1.165, 1.54) is 0 Å². The highest BCUT2D eigenvalue weighted by atomic mass is 16.3. The first-order valence-corrected chi connectivity index (χ1v) is 2.64. The Labute approximate surface area is 45.1 Å². The molecule has 38 valence electrons. The minimum Gasteiger partial charge on any atom is -0.396 e. The molecule has 2 heteroatoms. The highest BCUT2D eigenvalue weighted by molar-refractivity contribution is 6.09. The molecule has 0 aromatic carbocycles. The van der Waals surface area contributed by atoms with Gasteiger partial charge in [0, 0.05) is 6.61 Å². The zero-order valence-corrected chi connectivity index (χ0v) is 4.35. The zero-order chi connectivity index (χ0) is 5.33. The Balaban J connectivity index is 2.28. The summed E-state index contributed by atoms with van der Waals surface area (Å²) in [5, 5.41) is 8.58. The van der Waals surface area contributed by atoms with Crippen molar-refractivity contribution in [3.63, 3.8) is 0 Å². The Kier molecular flexibility index (Phi) is 1.12. The van der Waals surface area contributed by atoms with Gasteiger partial charge < -0.3 is 5.11 Å². The van der Waals surface area contributed by atoms with Crippen LogP contribution in [0.15, 0.2) is 0 Å². The Hall–Kier alpha value is 0.0249. The van der Waals surface area contributed by atoms with Gasteiger partial charge in [-0.05, 0) is 18.3 Å². The van der Waals surface area contributed by atoms with Crippen LogP contribution in [-0.2, 0) is 0 Å². The Morgan fingerprint density at radius 2 is 2.14 bits per heavy atom. The lowest BCUT2D eigenvalue weighted by atomic mass is 9.89. The minimum atomic E-state index is 0.167. The Morgan fingerprint density at radius 1 is 1.57 bits per heavy atom. The quantitative estimate of drug-likeness (QED) is 0.491. The maximum atomic E-state index is 8.58. The van der Waals surface area contributed by atoms with Crippen LogP contribution in [0.25, 0.3) is 0 Å². The van der Waals surface area contributed by atoms with Crippen LogP contribution < -0.4 is 0 Å². The van der Waals surface area contributed by atoms with Gasteiger partial charge in [-0.1, -0.05) is 6.32 Å². The van der Waals surface area contributed by atoms with E-state index in [4.69, 9.17) is 13.0 Å². The summed E-state index contributed by atoms with van der Waals surface area (Å²) >= 11 is 0. The number of rotatable bonds is 2. The van der Waals surface area contributed by atoms with Crippen molar-refractivity contribution >= 4 is 7.85 Å². The molecule has 1 nitrogen and oxygen atoms in total. The van der Waals surface area contributed by atoms with Crippen LogP contribution in [0.4, 0.5) is 0 Å². The first-order valence-electron chi connectivity index (χ1n) is 2.64.